The summed E-state index contributed by atoms with van der Waals surface area (Å²) in [7, 11) is 0. The number of rotatable bonds is 6. The van der Waals surface area contributed by atoms with E-state index in [1.807, 2.05) is 31.6 Å². The van der Waals surface area contributed by atoms with Crippen LogP contribution in [0, 0.1) is 12.7 Å². The van der Waals surface area contributed by atoms with Crippen LogP contribution < -0.4 is 4.90 Å². The molecule has 2 aromatic carbocycles. The third-order valence-corrected chi connectivity index (χ3v) is 8.12. The third kappa shape index (κ3) is 4.20. The molecule has 1 aliphatic rings. The molecule has 6 rings (SSSR count). The van der Waals surface area contributed by atoms with Crippen LogP contribution in [0.5, 0.6) is 0 Å². The predicted octanol–water partition coefficient (Wildman–Crippen LogP) is 7.07. The first-order valence-electron chi connectivity index (χ1n) is 14.0. The van der Waals surface area contributed by atoms with Crippen LogP contribution in [0.4, 0.5) is 10.3 Å². The van der Waals surface area contributed by atoms with E-state index in [1.54, 1.807) is 6.07 Å². The number of aromatic nitrogens is 5. The van der Waals surface area contributed by atoms with Gasteiger partial charge in [0.25, 0.3) is 0 Å². The highest BCUT2D eigenvalue weighted by Gasteiger charge is 2.30. The maximum absolute atomic E-state index is 15.4. The highest BCUT2D eigenvalue weighted by molar-refractivity contribution is 5.97. The Hall–Kier alpha value is -4.00. The van der Waals surface area contributed by atoms with Crippen molar-refractivity contribution in [2.24, 2.45) is 0 Å². The van der Waals surface area contributed by atoms with Crippen LogP contribution in [0.1, 0.15) is 67.1 Å². The second-order valence-electron chi connectivity index (χ2n) is 10.8. The maximum Gasteiger partial charge on any atom is 0.225 e. The summed E-state index contributed by atoms with van der Waals surface area (Å²) in [5, 5.41) is 6.24. The summed E-state index contributed by atoms with van der Waals surface area (Å²) >= 11 is 0. The van der Waals surface area contributed by atoms with Crippen LogP contribution in [0.15, 0.2) is 48.9 Å². The van der Waals surface area contributed by atoms with Crippen molar-refractivity contribution in [3.8, 4) is 16.9 Å². The monoisotopic (exact) mass is 522 g/mol. The molecule has 0 saturated heterocycles. The van der Waals surface area contributed by atoms with E-state index < -0.39 is 0 Å². The normalized spacial score (nSPS) is 13.5. The van der Waals surface area contributed by atoms with Crippen molar-refractivity contribution < 1.29 is 4.39 Å². The molecule has 200 valence electrons. The van der Waals surface area contributed by atoms with E-state index in [-0.39, 0.29) is 5.82 Å². The van der Waals surface area contributed by atoms with Gasteiger partial charge in [-0.25, -0.2) is 19.0 Å². The number of aryl methyl sites for hydroxylation is 3. The lowest BCUT2D eigenvalue weighted by atomic mass is 9.96. The summed E-state index contributed by atoms with van der Waals surface area (Å²) in [6.45, 7) is 11.9. The Balaban J connectivity index is 1.59. The first-order valence-corrected chi connectivity index (χ1v) is 14.0. The van der Waals surface area contributed by atoms with Gasteiger partial charge in [0, 0.05) is 60.2 Å². The lowest BCUT2D eigenvalue weighted by molar-refractivity contribution is 0.621. The van der Waals surface area contributed by atoms with Crippen molar-refractivity contribution in [3.63, 3.8) is 0 Å². The zero-order valence-corrected chi connectivity index (χ0v) is 23.3. The van der Waals surface area contributed by atoms with Crippen molar-refractivity contribution in [1.82, 2.24) is 24.7 Å². The molecule has 0 saturated carbocycles. The quantitative estimate of drug-likeness (QED) is 0.259. The van der Waals surface area contributed by atoms with Gasteiger partial charge in [-0.15, -0.1) is 0 Å². The first kappa shape index (κ1) is 25.3. The average molecular weight is 523 g/mol. The van der Waals surface area contributed by atoms with Crippen LogP contribution in [0.2, 0.25) is 0 Å². The standard InChI is InChI=1S/C32H35FN6/c1-6-21-9-8-10-22(7-2)30(21)39-31(25-15-27(33)20(5)29-24(25)11-13-34-29)26-18-38(14-12-28(26)37-39)32-35-16-23(17-36-32)19(3)4/h8-11,13,15-17,19,34H,6-7,12,14,18H2,1-5H3. The molecule has 6 nitrogen and oxygen atoms in total. The number of anilines is 1. The molecule has 0 amide bonds. The van der Waals surface area contributed by atoms with Crippen molar-refractivity contribution in [3.05, 3.63) is 88.3 Å². The van der Waals surface area contributed by atoms with E-state index in [0.29, 0.717) is 24.0 Å². The summed E-state index contributed by atoms with van der Waals surface area (Å²) in [4.78, 5) is 14.9. The predicted molar refractivity (Wildman–Crippen MR) is 155 cm³/mol. The number of halogens is 1. The van der Waals surface area contributed by atoms with Crippen molar-refractivity contribution in [1.29, 1.82) is 0 Å². The molecule has 0 fully saturated rings. The first-order chi connectivity index (χ1) is 18.9. The van der Waals surface area contributed by atoms with Gasteiger partial charge in [0.1, 0.15) is 5.82 Å². The number of hydrogen-bond acceptors (Lipinski definition) is 4. The zero-order valence-electron chi connectivity index (χ0n) is 23.3. The lowest BCUT2D eigenvalue weighted by Crippen LogP contribution is -2.31. The minimum atomic E-state index is -0.221. The largest absolute Gasteiger partial charge is 0.361 e. The minimum Gasteiger partial charge on any atom is -0.361 e. The summed E-state index contributed by atoms with van der Waals surface area (Å²) in [5.41, 5.74) is 10.1. The Morgan fingerprint density at radius 2 is 1.77 bits per heavy atom. The molecule has 4 heterocycles. The van der Waals surface area contributed by atoms with E-state index in [2.05, 4.69) is 60.5 Å². The molecular formula is C32H35FN6. The van der Waals surface area contributed by atoms with Gasteiger partial charge in [0.05, 0.1) is 22.6 Å². The lowest BCUT2D eigenvalue weighted by Gasteiger charge is -2.27. The summed E-state index contributed by atoms with van der Waals surface area (Å²) in [6, 6.07) is 10.2. The van der Waals surface area contributed by atoms with Crippen molar-refractivity contribution >= 4 is 16.9 Å². The van der Waals surface area contributed by atoms with Crippen molar-refractivity contribution in [2.75, 3.05) is 11.4 Å². The topological polar surface area (TPSA) is 62.6 Å². The molecule has 3 aromatic heterocycles. The highest BCUT2D eigenvalue weighted by Crippen LogP contribution is 2.40. The molecule has 0 aliphatic carbocycles. The number of fused-ring (bicyclic) bond motifs is 2. The minimum absolute atomic E-state index is 0.221. The number of para-hydroxylation sites is 1. The molecule has 1 N–H and O–H groups in total. The molecule has 5 aromatic rings. The molecule has 0 unspecified atom stereocenters. The molecule has 1 aliphatic heterocycles. The van der Waals surface area contributed by atoms with Crippen LogP contribution in [-0.4, -0.2) is 31.3 Å². The van der Waals surface area contributed by atoms with Gasteiger partial charge in [0.15, 0.2) is 0 Å². The molecule has 0 radical (unpaired) electrons. The third-order valence-electron chi connectivity index (χ3n) is 8.12. The molecule has 0 spiro atoms. The Labute approximate surface area is 228 Å². The summed E-state index contributed by atoms with van der Waals surface area (Å²) in [6.07, 6.45) is 8.29. The maximum atomic E-state index is 15.4. The van der Waals surface area contributed by atoms with Gasteiger partial charge >= 0.3 is 0 Å². The molecular weight excluding hydrogens is 487 g/mol. The van der Waals surface area contributed by atoms with Gasteiger partial charge in [-0.3, -0.25) is 0 Å². The molecule has 0 atom stereocenters. The number of nitrogens with one attached hydrogen (secondary N) is 1. The fraction of sp³-hybridized carbons (Fsp3) is 0.344. The SMILES string of the molecule is CCc1cccc(CC)c1-n1nc2c(c1-c1cc(F)c(C)c3[nH]ccc13)CN(c1ncc(C(C)C)cn1)CC2. The smallest absolute Gasteiger partial charge is 0.225 e. The van der Waals surface area contributed by atoms with Gasteiger partial charge in [-0.05, 0) is 54.5 Å². The van der Waals surface area contributed by atoms with Crippen LogP contribution in [0.3, 0.4) is 0 Å². The van der Waals surface area contributed by atoms with E-state index in [4.69, 9.17) is 15.1 Å². The number of aromatic amines is 1. The molecule has 0 bridgehead atoms. The van der Waals surface area contributed by atoms with E-state index >= 15 is 4.39 Å². The van der Waals surface area contributed by atoms with Crippen LogP contribution in [-0.2, 0) is 25.8 Å². The second-order valence-corrected chi connectivity index (χ2v) is 10.8. The second kappa shape index (κ2) is 9.95. The van der Waals surface area contributed by atoms with E-state index in [0.717, 1.165) is 70.5 Å². The zero-order chi connectivity index (χ0) is 27.3. The number of benzene rings is 2. The Kier molecular flexibility index (Phi) is 6.45. The average Bonchev–Trinajstić information content (AvgIpc) is 3.60. The summed E-state index contributed by atoms with van der Waals surface area (Å²) < 4.78 is 17.5. The molecule has 39 heavy (non-hydrogen) atoms. The molecule has 7 heteroatoms. The van der Waals surface area contributed by atoms with Gasteiger partial charge < -0.3 is 9.88 Å². The fourth-order valence-electron chi connectivity index (χ4n) is 5.79. The fourth-order valence-corrected chi connectivity index (χ4v) is 5.79. The van der Waals surface area contributed by atoms with Gasteiger partial charge in [0.2, 0.25) is 5.95 Å². The number of hydrogen-bond donors (Lipinski definition) is 1. The van der Waals surface area contributed by atoms with Crippen LogP contribution >= 0.6 is 0 Å². The Morgan fingerprint density at radius 1 is 1.05 bits per heavy atom. The van der Waals surface area contributed by atoms with Crippen molar-refractivity contribution in [2.45, 2.75) is 66.3 Å². The van der Waals surface area contributed by atoms with E-state index in [9.17, 15) is 0 Å². The highest BCUT2D eigenvalue weighted by atomic mass is 19.1. The van der Waals surface area contributed by atoms with Gasteiger partial charge in [-0.2, -0.15) is 5.10 Å². The Bertz CT molecular complexity index is 1640. The Morgan fingerprint density at radius 3 is 2.44 bits per heavy atom. The number of nitrogens with zero attached hydrogens (tertiary/aromatic N) is 5. The van der Waals surface area contributed by atoms with Gasteiger partial charge in [-0.1, -0.05) is 45.9 Å². The summed E-state index contributed by atoms with van der Waals surface area (Å²) in [5.74, 6) is 0.874. The van der Waals surface area contributed by atoms with Crippen LogP contribution in [0.25, 0.3) is 27.8 Å². The van der Waals surface area contributed by atoms with E-state index in [1.165, 1.54) is 11.1 Å². The number of H-pyrrole nitrogens is 1.